The van der Waals surface area contributed by atoms with Crippen LogP contribution in [0.2, 0.25) is 0 Å². The summed E-state index contributed by atoms with van der Waals surface area (Å²) in [7, 11) is 0. The minimum atomic E-state index is 0. The second-order valence-electron chi connectivity index (χ2n) is 7.18. The number of nitrogens with zero attached hydrogens (tertiary/aromatic N) is 3. The molecule has 0 atom stereocenters. The van der Waals surface area contributed by atoms with Crippen molar-refractivity contribution in [3.63, 3.8) is 0 Å². The predicted octanol–water partition coefficient (Wildman–Crippen LogP) is 5.44. The van der Waals surface area contributed by atoms with E-state index in [-0.39, 0.29) is 12.4 Å². The highest BCUT2D eigenvalue weighted by atomic mass is 35.5. The molecule has 0 fully saturated rings. The minimum absolute atomic E-state index is 0. The van der Waals surface area contributed by atoms with E-state index in [1.165, 1.54) is 46.1 Å². The Morgan fingerprint density at radius 2 is 1.85 bits per heavy atom. The second kappa shape index (κ2) is 7.71. The molecule has 3 nitrogen and oxygen atoms in total. The standard InChI is InChI=1S/C22H27N3.ClH/c1-4-5-13-25-17(3)16(2)21-20(25)10-12-23-22(21)24-14-11-18-8-6-7-9-19(18)15-24;/h6-10,12H,4-5,11,13-15H2,1-3H3;1H. The summed E-state index contributed by atoms with van der Waals surface area (Å²) in [5.41, 5.74) is 7.03. The molecule has 4 rings (SSSR count). The van der Waals surface area contributed by atoms with Crippen molar-refractivity contribution in [2.45, 2.75) is 53.1 Å². The lowest BCUT2D eigenvalue weighted by Gasteiger charge is -2.30. The van der Waals surface area contributed by atoms with Crippen molar-refractivity contribution in [3.8, 4) is 0 Å². The van der Waals surface area contributed by atoms with Crippen LogP contribution < -0.4 is 4.90 Å². The van der Waals surface area contributed by atoms with Crippen molar-refractivity contribution >= 4 is 29.1 Å². The minimum Gasteiger partial charge on any atom is -0.351 e. The first-order chi connectivity index (χ1) is 12.2. The molecule has 0 radical (unpaired) electrons. The van der Waals surface area contributed by atoms with E-state index in [1.807, 2.05) is 6.20 Å². The quantitative estimate of drug-likeness (QED) is 0.610. The number of halogens is 1. The van der Waals surface area contributed by atoms with E-state index < -0.39 is 0 Å². The highest BCUT2D eigenvalue weighted by Gasteiger charge is 2.22. The van der Waals surface area contributed by atoms with Gasteiger partial charge in [0.15, 0.2) is 0 Å². The van der Waals surface area contributed by atoms with E-state index in [2.05, 4.69) is 60.6 Å². The maximum Gasteiger partial charge on any atom is 0.138 e. The molecule has 0 bridgehead atoms. The highest BCUT2D eigenvalue weighted by Crippen LogP contribution is 2.34. The monoisotopic (exact) mass is 369 g/mol. The number of aromatic nitrogens is 2. The Morgan fingerprint density at radius 3 is 2.62 bits per heavy atom. The van der Waals surface area contributed by atoms with Crippen molar-refractivity contribution in [3.05, 3.63) is 58.9 Å². The summed E-state index contributed by atoms with van der Waals surface area (Å²) in [6.45, 7) is 9.86. The molecule has 0 amide bonds. The van der Waals surface area contributed by atoms with Crippen molar-refractivity contribution in [1.29, 1.82) is 0 Å². The molecule has 0 saturated heterocycles. The summed E-state index contributed by atoms with van der Waals surface area (Å²) in [6, 6.07) is 11.0. The van der Waals surface area contributed by atoms with E-state index in [0.29, 0.717) is 0 Å². The molecule has 3 heterocycles. The largest absolute Gasteiger partial charge is 0.351 e. The van der Waals surface area contributed by atoms with Crippen LogP contribution in [-0.2, 0) is 19.5 Å². The zero-order chi connectivity index (χ0) is 17.4. The van der Waals surface area contributed by atoms with Crippen molar-refractivity contribution in [1.82, 2.24) is 9.55 Å². The lowest BCUT2D eigenvalue weighted by molar-refractivity contribution is 0.636. The molecule has 3 aromatic rings. The average molecular weight is 370 g/mol. The summed E-state index contributed by atoms with van der Waals surface area (Å²) in [6.07, 6.45) is 5.53. The fraction of sp³-hybridized carbons (Fsp3) is 0.409. The van der Waals surface area contributed by atoms with Gasteiger partial charge in [-0.15, -0.1) is 12.4 Å². The maximum absolute atomic E-state index is 4.81. The van der Waals surface area contributed by atoms with Crippen LogP contribution >= 0.6 is 12.4 Å². The van der Waals surface area contributed by atoms with Gasteiger partial charge in [-0.2, -0.15) is 0 Å². The van der Waals surface area contributed by atoms with Gasteiger partial charge in [0.1, 0.15) is 5.82 Å². The van der Waals surface area contributed by atoms with E-state index in [4.69, 9.17) is 4.98 Å². The summed E-state index contributed by atoms with van der Waals surface area (Å²) >= 11 is 0. The lowest BCUT2D eigenvalue weighted by Crippen LogP contribution is -2.31. The number of anilines is 1. The molecular formula is C22H28ClN3. The number of benzene rings is 1. The van der Waals surface area contributed by atoms with Crippen LogP contribution in [-0.4, -0.2) is 16.1 Å². The molecule has 1 aliphatic rings. The number of aryl methyl sites for hydroxylation is 2. The molecule has 0 N–H and O–H groups in total. The zero-order valence-electron chi connectivity index (χ0n) is 16.0. The Kier molecular flexibility index (Phi) is 5.57. The van der Waals surface area contributed by atoms with Gasteiger partial charge < -0.3 is 9.47 Å². The van der Waals surface area contributed by atoms with Crippen molar-refractivity contribution < 1.29 is 0 Å². The Labute approximate surface area is 162 Å². The third-order valence-corrected chi connectivity index (χ3v) is 5.69. The van der Waals surface area contributed by atoms with Gasteiger partial charge in [0, 0.05) is 36.9 Å². The zero-order valence-corrected chi connectivity index (χ0v) is 16.8. The highest BCUT2D eigenvalue weighted by molar-refractivity contribution is 5.94. The molecular weight excluding hydrogens is 342 g/mol. The van der Waals surface area contributed by atoms with E-state index in [9.17, 15) is 0 Å². The molecule has 0 saturated carbocycles. The third-order valence-electron chi connectivity index (χ3n) is 5.69. The van der Waals surface area contributed by atoms with E-state index in [0.717, 1.165) is 31.9 Å². The van der Waals surface area contributed by atoms with Crippen LogP contribution in [0.5, 0.6) is 0 Å². The molecule has 138 valence electrons. The Morgan fingerprint density at radius 1 is 1.08 bits per heavy atom. The van der Waals surface area contributed by atoms with Crippen molar-refractivity contribution in [2.75, 3.05) is 11.4 Å². The first kappa shape index (κ1) is 18.8. The van der Waals surface area contributed by atoms with Gasteiger partial charge in [-0.3, -0.25) is 0 Å². The SMILES string of the molecule is CCCCn1c(C)c(C)c2c(N3CCc4ccccc4C3)nccc21.Cl. The normalized spacial score (nSPS) is 13.6. The summed E-state index contributed by atoms with van der Waals surface area (Å²) in [5, 5.41) is 1.34. The number of fused-ring (bicyclic) bond motifs is 2. The molecule has 1 aliphatic heterocycles. The van der Waals surface area contributed by atoms with Gasteiger partial charge in [-0.25, -0.2) is 4.98 Å². The number of pyridine rings is 1. The maximum atomic E-state index is 4.81. The first-order valence-electron chi connectivity index (χ1n) is 9.46. The summed E-state index contributed by atoms with van der Waals surface area (Å²) in [5.74, 6) is 1.16. The molecule has 4 heteroatoms. The smallest absolute Gasteiger partial charge is 0.138 e. The molecule has 1 aromatic carbocycles. The van der Waals surface area contributed by atoms with Gasteiger partial charge in [0.05, 0.1) is 5.52 Å². The second-order valence-corrected chi connectivity index (χ2v) is 7.18. The first-order valence-corrected chi connectivity index (χ1v) is 9.46. The van der Waals surface area contributed by atoms with Gasteiger partial charge in [0.2, 0.25) is 0 Å². The van der Waals surface area contributed by atoms with Gasteiger partial charge in [0.25, 0.3) is 0 Å². The Bertz CT molecular complexity index is 913. The Hall–Kier alpha value is -2.00. The van der Waals surface area contributed by atoms with Crippen LogP contribution in [0.1, 0.15) is 42.1 Å². The fourth-order valence-corrected chi connectivity index (χ4v) is 4.11. The molecule has 0 aliphatic carbocycles. The van der Waals surface area contributed by atoms with E-state index >= 15 is 0 Å². The number of rotatable bonds is 4. The fourth-order valence-electron chi connectivity index (χ4n) is 4.11. The lowest BCUT2D eigenvalue weighted by atomic mass is 9.99. The number of hydrogen-bond donors (Lipinski definition) is 0. The van der Waals surface area contributed by atoms with Gasteiger partial charge in [-0.1, -0.05) is 37.6 Å². The Balaban J connectivity index is 0.00000196. The topological polar surface area (TPSA) is 21.1 Å². The van der Waals surface area contributed by atoms with Crippen LogP contribution in [0.4, 0.5) is 5.82 Å². The number of unbranched alkanes of at least 4 members (excludes halogenated alkanes) is 1. The third kappa shape index (κ3) is 3.09. The van der Waals surface area contributed by atoms with Crippen LogP contribution in [0.25, 0.3) is 10.9 Å². The molecule has 0 spiro atoms. The van der Waals surface area contributed by atoms with Gasteiger partial charge >= 0.3 is 0 Å². The van der Waals surface area contributed by atoms with E-state index in [1.54, 1.807) is 0 Å². The van der Waals surface area contributed by atoms with Crippen LogP contribution in [0.3, 0.4) is 0 Å². The number of hydrogen-bond acceptors (Lipinski definition) is 2. The molecule has 26 heavy (non-hydrogen) atoms. The molecule has 2 aromatic heterocycles. The van der Waals surface area contributed by atoms with Gasteiger partial charge in [-0.05, 0) is 49.4 Å². The van der Waals surface area contributed by atoms with Crippen LogP contribution in [0, 0.1) is 13.8 Å². The predicted molar refractivity (Wildman–Crippen MR) is 113 cm³/mol. The van der Waals surface area contributed by atoms with Crippen LogP contribution in [0.15, 0.2) is 36.5 Å². The average Bonchev–Trinajstić information content (AvgIpc) is 2.90. The summed E-state index contributed by atoms with van der Waals surface area (Å²) < 4.78 is 2.48. The molecule has 0 unspecified atom stereocenters. The van der Waals surface area contributed by atoms with Crippen molar-refractivity contribution in [2.24, 2.45) is 0 Å². The summed E-state index contributed by atoms with van der Waals surface area (Å²) in [4.78, 5) is 7.27.